The van der Waals surface area contributed by atoms with Gasteiger partial charge in [0.1, 0.15) is 0 Å². The molecule has 5 aromatic heterocycles. The molecule has 0 aliphatic carbocycles. The van der Waals surface area contributed by atoms with Gasteiger partial charge in [-0.1, -0.05) is 139 Å². The lowest BCUT2D eigenvalue weighted by atomic mass is 9.97. The molecule has 12 aromatic rings. The summed E-state index contributed by atoms with van der Waals surface area (Å²) in [4.78, 5) is 28.8. The fraction of sp³-hybridized carbons (Fsp3) is 0.353. The second kappa shape index (κ2) is 38.7. The summed E-state index contributed by atoms with van der Waals surface area (Å²) in [5.74, 6) is 8.71. The molecule has 1 atom stereocenters. The summed E-state index contributed by atoms with van der Waals surface area (Å²) in [5.41, 5.74) is 16.3. The first-order valence-electron chi connectivity index (χ1n) is 36.1. The van der Waals surface area contributed by atoms with Gasteiger partial charge in [-0.3, -0.25) is 4.98 Å². The van der Waals surface area contributed by atoms with E-state index in [0.29, 0.717) is 108 Å². The molecule has 0 bridgehead atoms. The van der Waals surface area contributed by atoms with E-state index >= 15 is 0 Å². The average molecular weight is 1420 g/mol. The largest absolute Gasteiger partial charge is 0.490 e. The first-order chi connectivity index (χ1) is 50.7. The molecule has 105 heavy (non-hydrogen) atoms. The highest BCUT2D eigenvalue weighted by atomic mass is 16.5. The van der Waals surface area contributed by atoms with E-state index in [-0.39, 0.29) is 5.92 Å². The van der Waals surface area contributed by atoms with Crippen LogP contribution in [0.25, 0.3) is 79.9 Å². The summed E-state index contributed by atoms with van der Waals surface area (Å²) in [6, 6.07) is 52.9. The highest BCUT2D eigenvalue weighted by molar-refractivity contribution is 5.68. The fourth-order valence-electron chi connectivity index (χ4n) is 11.7. The van der Waals surface area contributed by atoms with E-state index in [2.05, 4.69) is 218 Å². The van der Waals surface area contributed by atoms with Crippen LogP contribution < -0.4 is 18.9 Å². The average Bonchev–Trinajstić information content (AvgIpc) is 1.74. The van der Waals surface area contributed by atoms with Crippen molar-refractivity contribution in [1.82, 2.24) is 60.2 Å². The molecule has 5 heterocycles. The van der Waals surface area contributed by atoms with Gasteiger partial charge in [0.05, 0.1) is 32.3 Å². The number of rotatable bonds is 28. The van der Waals surface area contributed by atoms with E-state index < -0.39 is 0 Å². The van der Waals surface area contributed by atoms with E-state index in [1.807, 2.05) is 119 Å². The number of nitrogens with zero attached hydrogens (tertiary/aromatic N) is 12. The van der Waals surface area contributed by atoms with Crippen molar-refractivity contribution >= 4 is 0 Å². The van der Waals surface area contributed by atoms with E-state index in [0.717, 1.165) is 82.5 Å². The second-order valence-electron chi connectivity index (χ2n) is 27.4. The summed E-state index contributed by atoms with van der Waals surface area (Å²) < 4.78 is 44.7. The number of hydrogen-bond acceptors (Lipinski definition) is 20. The highest BCUT2D eigenvalue weighted by Crippen LogP contribution is 2.37. The molecule has 0 N–H and O–H groups in total. The van der Waals surface area contributed by atoms with Gasteiger partial charge in [0, 0.05) is 71.0 Å². The molecule has 12 rings (SSSR count). The van der Waals surface area contributed by atoms with E-state index in [1.54, 1.807) is 12.4 Å². The fourth-order valence-corrected chi connectivity index (χ4v) is 11.7. The van der Waals surface area contributed by atoms with Crippen molar-refractivity contribution in [2.45, 2.75) is 121 Å². The first kappa shape index (κ1) is 78.5. The molecule has 0 aliphatic rings. The maximum atomic E-state index is 5.70. The Morgan fingerprint density at radius 2 is 0.867 bits per heavy atom. The SMILES string of the molecule is CC(C)CCc1cccc(-c2nc(-c3ccncc3)no2)c1.CC(C)Cc1ccc(C(C)c2nc(-c3cccc(CN(C)C)c3)no2)cc1.CCOc1ccc(-c2nc(-c3ccc(CN(C)C)cc3C)no2)cc1OCC.CCOc1ccc(-c2nc(-c3cccc(CN(C)C)c3C)no2)cc1OCC. The Labute approximate surface area is 619 Å². The molecule has 0 amide bonds. The van der Waals surface area contributed by atoms with Gasteiger partial charge in [-0.2, -0.15) is 19.9 Å². The van der Waals surface area contributed by atoms with Crippen molar-refractivity contribution in [3.63, 3.8) is 0 Å². The number of ether oxygens (including phenoxy) is 4. The van der Waals surface area contributed by atoms with Gasteiger partial charge in [-0.25, -0.2) is 0 Å². The number of pyridine rings is 1. The molecule has 0 aliphatic heterocycles. The van der Waals surface area contributed by atoms with Crippen LogP contribution in [0.4, 0.5) is 0 Å². The molecular weight excluding hydrogens is 1320 g/mol. The van der Waals surface area contributed by atoms with Crippen LogP contribution in [-0.4, -0.2) is 129 Å². The maximum absolute atomic E-state index is 5.70. The molecule has 0 spiro atoms. The first-order valence-corrected chi connectivity index (χ1v) is 36.1. The Kier molecular flexibility index (Phi) is 28.9. The van der Waals surface area contributed by atoms with Crippen LogP contribution in [0.3, 0.4) is 0 Å². The Bertz CT molecular complexity index is 4630. The number of aromatic nitrogens is 9. The summed E-state index contributed by atoms with van der Waals surface area (Å²) in [7, 11) is 12.4. The molecule has 0 saturated carbocycles. The number of aryl methyl sites for hydroxylation is 2. The molecule has 20 heteroatoms. The molecule has 7 aromatic carbocycles. The third kappa shape index (κ3) is 22.7. The quantitative estimate of drug-likeness (QED) is 0.0445. The minimum atomic E-state index is 0.0734. The summed E-state index contributed by atoms with van der Waals surface area (Å²) in [6.45, 7) is 27.9. The van der Waals surface area contributed by atoms with Gasteiger partial charge in [-0.15, -0.1) is 0 Å². The van der Waals surface area contributed by atoms with Crippen molar-refractivity contribution in [3.8, 4) is 103 Å². The topological polar surface area (TPSA) is 215 Å². The van der Waals surface area contributed by atoms with E-state index in [1.165, 1.54) is 39.8 Å². The van der Waals surface area contributed by atoms with Crippen molar-refractivity contribution in [3.05, 3.63) is 221 Å². The van der Waals surface area contributed by atoms with E-state index in [4.69, 9.17) is 37.0 Å². The molecular formula is C85H102N12O8. The predicted molar refractivity (Wildman–Crippen MR) is 415 cm³/mol. The van der Waals surface area contributed by atoms with Crippen LogP contribution in [0, 0.1) is 25.7 Å². The lowest BCUT2D eigenvalue weighted by Gasteiger charge is -2.13. The van der Waals surface area contributed by atoms with Crippen LogP contribution in [0.5, 0.6) is 23.0 Å². The molecule has 550 valence electrons. The van der Waals surface area contributed by atoms with Crippen molar-refractivity contribution in [2.75, 3.05) is 68.7 Å². The van der Waals surface area contributed by atoms with Crippen LogP contribution >= 0.6 is 0 Å². The lowest BCUT2D eigenvalue weighted by molar-refractivity contribution is 0.288. The van der Waals surface area contributed by atoms with Crippen molar-refractivity contribution < 1.29 is 37.0 Å². The minimum Gasteiger partial charge on any atom is -0.490 e. The smallest absolute Gasteiger partial charge is 0.258 e. The summed E-state index contributed by atoms with van der Waals surface area (Å²) in [5, 5.41) is 16.6. The monoisotopic (exact) mass is 1420 g/mol. The normalized spacial score (nSPS) is 11.5. The van der Waals surface area contributed by atoms with Gasteiger partial charge in [0.25, 0.3) is 17.7 Å². The highest BCUT2D eigenvalue weighted by Gasteiger charge is 2.21. The minimum absolute atomic E-state index is 0.0734. The zero-order chi connectivity index (χ0) is 74.9. The predicted octanol–water partition coefficient (Wildman–Crippen LogP) is 18.7. The lowest BCUT2D eigenvalue weighted by Crippen LogP contribution is -2.11. The molecule has 0 fully saturated rings. The van der Waals surface area contributed by atoms with Gasteiger partial charge in [0.2, 0.25) is 29.2 Å². The molecule has 0 radical (unpaired) electrons. The standard InChI is InChI=1S/C23H29N3O.2C22H27N3O3.C18H19N3O/c1-16(2)13-18-9-11-20(12-10-18)17(3)23-24-22(25-27-23)21-8-6-7-19(14-21)15-26(4)5;1-6-26-19-11-9-17(13-20(19)27-7-2)22-23-21(24-28-22)18-10-8-16(12-15(18)3)14-25(4)5;1-6-26-19-12-11-16(13-20(19)27-7-2)22-23-21(24-28-22)18-10-8-9-17(15(18)3)14-25(4)5;1-13(2)6-7-14-4-3-5-16(12-14)18-20-17(21-22-18)15-8-10-19-11-9-15/h6-12,14,16-17H,13,15H2,1-5H3;2*8-13H,6-7,14H2,1-5H3;3-5,8-13H,6-7H2,1-2H3. The Morgan fingerprint density at radius 1 is 0.390 bits per heavy atom. The second-order valence-corrected chi connectivity index (χ2v) is 27.4. The van der Waals surface area contributed by atoms with Crippen LogP contribution in [0.1, 0.15) is 125 Å². The van der Waals surface area contributed by atoms with Gasteiger partial charge >= 0.3 is 0 Å². The third-order valence-electron chi connectivity index (χ3n) is 16.8. The van der Waals surface area contributed by atoms with Gasteiger partial charge in [0.15, 0.2) is 23.0 Å². The van der Waals surface area contributed by atoms with Crippen molar-refractivity contribution in [1.29, 1.82) is 0 Å². The Balaban J connectivity index is 0.000000163. The number of hydrogen-bond donors (Lipinski definition) is 0. The van der Waals surface area contributed by atoms with Crippen molar-refractivity contribution in [2.24, 2.45) is 11.8 Å². The van der Waals surface area contributed by atoms with E-state index in [9.17, 15) is 0 Å². The number of benzene rings is 7. The van der Waals surface area contributed by atoms with Gasteiger partial charge in [-0.05, 0) is 233 Å². The maximum Gasteiger partial charge on any atom is 0.258 e. The summed E-state index contributed by atoms with van der Waals surface area (Å²) in [6.07, 6.45) is 6.78. The molecule has 1 unspecified atom stereocenters. The zero-order valence-corrected chi connectivity index (χ0v) is 64.1. The zero-order valence-electron chi connectivity index (χ0n) is 64.1. The van der Waals surface area contributed by atoms with Gasteiger partial charge < -0.3 is 51.7 Å². The molecule has 0 saturated heterocycles. The Morgan fingerprint density at radius 3 is 1.42 bits per heavy atom. The summed E-state index contributed by atoms with van der Waals surface area (Å²) >= 11 is 0. The molecule has 20 nitrogen and oxygen atoms in total. The van der Waals surface area contributed by atoms with Crippen LogP contribution in [0.2, 0.25) is 0 Å². The Hall–Kier alpha value is -10.7. The third-order valence-corrected chi connectivity index (χ3v) is 16.8. The van der Waals surface area contributed by atoms with Crippen LogP contribution in [-0.2, 0) is 32.5 Å². The van der Waals surface area contributed by atoms with Crippen LogP contribution in [0.15, 0.2) is 188 Å².